The first-order chi connectivity index (χ1) is 11.1. The molecule has 0 aliphatic carbocycles. The van der Waals surface area contributed by atoms with Crippen LogP contribution in [0.5, 0.6) is 0 Å². The lowest BCUT2D eigenvalue weighted by atomic mass is 10.1. The van der Waals surface area contributed by atoms with Crippen LogP contribution in [0.15, 0.2) is 0 Å². The second kappa shape index (κ2) is 7.00. The van der Waals surface area contributed by atoms with E-state index in [2.05, 4.69) is 14.9 Å². The van der Waals surface area contributed by atoms with Crippen LogP contribution in [0.25, 0.3) is 0 Å². The Kier molecular flexibility index (Phi) is 5.42. The van der Waals surface area contributed by atoms with Crippen LogP contribution in [0.2, 0.25) is 0 Å². The molecule has 0 aromatic carbocycles. The summed E-state index contributed by atoms with van der Waals surface area (Å²) in [5.74, 6) is 0.416. The molecule has 0 atom stereocenters. The molecule has 2 N–H and O–H groups in total. The van der Waals surface area contributed by atoms with Gasteiger partial charge in [-0.25, -0.2) is 13.2 Å². The van der Waals surface area contributed by atoms with Gasteiger partial charge in [0.1, 0.15) is 5.60 Å². The number of aromatic amines is 1. The number of nitrogens with zero attached hydrogens (tertiary/aromatic N) is 2. The lowest BCUT2D eigenvalue weighted by Gasteiger charge is -2.29. The number of amides is 1. The first kappa shape index (κ1) is 18.6. The molecule has 24 heavy (non-hydrogen) atoms. The quantitative estimate of drug-likeness (QED) is 0.840. The molecule has 1 aromatic heterocycles. The highest BCUT2D eigenvalue weighted by Crippen LogP contribution is 2.25. The third kappa shape index (κ3) is 4.86. The van der Waals surface area contributed by atoms with Gasteiger partial charge in [-0.05, 0) is 33.6 Å². The van der Waals surface area contributed by atoms with Crippen LogP contribution >= 0.6 is 0 Å². The van der Waals surface area contributed by atoms with Crippen LogP contribution in [0.4, 0.5) is 10.6 Å². The second-order valence-corrected chi connectivity index (χ2v) is 8.80. The van der Waals surface area contributed by atoms with Crippen molar-refractivity contribution in [3.05, 3.63) is 11.3 Å². The summed E-state index contributed by atoms with van der Waals surface area (Å²) in [6.07, 6.45) is 1.56. The summed E-state index contributed by atoms with van der Waals surface area (Å²) in [6.45, 7) is 8.19. The van der Waals surface area contributed by atoms with Crippen LogP contribution in [-0.4, -0.2) is 47.5 Å². The number of ether oxygens (including phenoxy) is 1. The van der Waals surface area contributed by atoms with Crippen LogP contribution < -0.4 is 4.72 Å². The Balaban J connectivity index is 2.05. The molecule has 0 fully saturated rings. The zero-order valence-corrected chi connectivity index (χ0v) is 15.5. The number of sulfonamides is 1. The first-order valence-electron chi connectivity index (χ1n) is 8.16. The van der Waals surface area contributed by atoms with Crippen molar-refractivity contribution in [2.45, 2.75) is 59.1 Å². The highest BCUT2D eigenvalue weighted by atomic mass is 32.2. The molecule has 9 heteroatoms. The van der Waals surface area contributed by atoms with Crippen molar-refractivity contribution >= 4 is 21.9 Å². The number of carbonyl (C=O) groups excluding carboxylic acids is 1. The Hall–Kier alpha value is -1.77. The number of anilines is 1. The monoisotopic (exact) mass is 358 g/mol. The minimum atomic E-state index is -3.39. The average molecular weight is 358 g/mol. The Morgan fingerprint density at radius 1 is 1.42 bits per heavy atom. The Labute approximate surface area is 143 Å². The van der Waals surface area contributed by atoms with Gasteiger partial charge in [-0.15, -0.1) is 0 Å². The molecule has 1 aromatic rings. The summed E-state index contributed by atoms with van der Waals surface area (Å²) < 4.78 is 31.9. The zero-order valence-electron chi connectivity index (χ0n) is 14.7. The Morgan fingerprint density at radius 2 is 2.12 bits per heavy atom. The standard InChI is InChI=1S/C15H26N4O4S/c1-5-6-9-24(21,22)18-13-11-7-8-19(10-12(11)16-17-13)14(20)23-15(2,3)4/h5-10H2,1-4H3,(H2,16,17,18). The van der Waals surface area contributed by atoms with Gasteiger partial charge >= 0.3 is 6.09 Å². The number of nitrogens with one attached hydrogen (secondary N) is 2. The molecule has 1 aliphatic heterocycles. The molecule has 0 radical (unpaired) electrons. The molecule has 8 nitrogen and oxygen atoms in total. The fourth-order valence-electron chi connectivity index (χ4n) is 2.42. The minimum absolute atomic E-state index is 0.0785. The molecule has 136 valence electrons. The summed E-state index contributed by atoms with van der Waals surface area (Å²) in [5, 5.41) is 6.89. The lowest BCUT2D eigenvalue weighted by Crippen LogP contribution is -2.40. The molecule has 0 bridgehead atoms. The first-order valence-corrected chi connectivity index (χ1v) is 9.81. The maximum atomic E-state index is 12.1. The van der Waals surface area contributed by atoms with Gasteiger partial charge in [-0.3, -0.25) is 9.82 Å². The summed E-state index contributed by atoms with van der Waals surface area (Å²) in [5.41, 5.74) is 1.00. The normalized spacial score (nSPS) is 15.1. The number of rotatable bonds is 5. The largest absolute Gasteiger partial charge is 0.444 e. The van der Waals surface area contributed by atoms with Gasteiger partial charge < -0.3 is 9.64 Å². The van der Waals surface area contributed by atoms with Gasteiger partial charge in [0, 0.05) is 12.1 Å². The van der Waals surface area contributed by atoms with Gasteiger partial charge in [0.15, 0.2) is 5.82 Å². The fraction of sp³-hybridized carbons (Fsp3) is 0.733. The number of fused-ring (bicyclic) bond motifs is 1. The van der Waals surface area contributed by atoms with Crippen molar-refractivity contribution < 1.29 is 17.9 Å². The molecule has 1 amide bonds. The molecule has 0 unspecified atom stereocenters. The molecule has 0 spiro atoms. The highest BCUT2D eigenvalue weighted by Gasteiger charge is 2.29. The van der Waals surface area contributed by atoms with Crippen molar-refractivity contribution in [1.82, 2.24) is 15.1 Å². The molecule has 0 saturated heterocycles. The number of hydrogen-bond acceptors (Lipinski definition) is 5. The summed E-state index contributed by atoms with van der Waals surface area (Å²) in [4.78, 5) is 13.7. The van der Waals surface area contributed by atoms with Gasteiger partial charge in [-0.2, -0.15) is 5.10 Å². The summed E-state index contributed by atoms with van der Waals surface area (Å²) in [6, 6.07) is 0. The highest BCUT2D eigenvalue weighted by molar-refractivity contribution is 7.92. The van der Waals surface area contributed by atoms with E-state index in [-0.39, 0.29) is 11.8 Å². The predicted octanol–water partition coefficient (Wildman–Crippen LogP) is 2.24. The number of H-pyrrole nitrogens is 1. The molecule has 1 aliphatic rings. The molecule has 2 heterocycles. The molecule has 2 rings (SSSR count). The average Bonchev–Trinajstić information content (AvgIpc) is 2.85. The third-order valence-electron chi connectivity index (χ3n) is 3.60. The van der Waals surface area contributed by atoms with E-state index < -0.39 is 15.6 Å². The van der Waals surface area contributed by atoms with Crippen molar-refractivity contribution in [3.8, 4) is 0 Å². The van der Waals surface area contributed by atoms with Gasteiger partial charge in [0.2, 0.25) is 10.0 Å². The summed E-state index contributed by atoms with van der Waals surface area (Å²) in [7, 11) is -3.39. The van der Waals surface area contributed by atoms with Crippen molar-refractivity contribution in [1.29, 1.82) is 0 Å². The van der Waals surface area contributed by atoms with E-state index in [0.29, 0.717) is 31.7 Å². The SMILES string of the molecule is CCCCS(=O)(=O)Nc1n[nH]c2c1CCN(C(=O)OC(C)(C)C)C2. The predicted molar refractivity (Wildman–Crippen MR) is 91.3 cm³/mol. The van der Waals surface area contributed by atoms with E-state index in [4.69, 9.17) is 4.74 Å². The van der Waals surface area contributed by atoms with Crippen LogP contribution in [0.1, 0.15) is 51.8 Å². The van der Waals surface area contributed by atoms with Gasteiger partial charge in [0.25, 0.3) is 0 Å². The van der Waals surface area contributed by atoms with Crippen molar-refractivity contribution in [2.75, 3.05) is 17.0 Å². The third-order valence-corrected chi connectivity index (χ3v) is 4.93. The van der Waals surface area contributed by atoms with Gasteiger partial charge in [-0.1, -0.05) is 13.3 Å². The maximum Gasteiger partial charge on any atom is 0.410 e. The molecular formula is C15H26N4O4S. The molecular weight excluding hydrogens is 332 g/mol. The van der Waals surface area contributed by atoms with E-state index in [1.54, 1.807) is 4.90 Å². The van der Waals surface area contributed by atoms with Gasteiger partial charge in [0.05, 0.1) is 18.0 Å². The Morgan fingerprint density at radius 3 is 2.75 bits per heavy atom. The van der Waals surface area contributed by atoms with Crippen LogP contribution in [0.3, 0.4) is 0 Å². The lowest BCUT2D eigenvalue weighted by molar-refractivity contribution is 0.0221. The number of carbonyl (C=O) groups is 1. The van der Waals surface area contributed by atoms with Crippen molar-refractivity contribution in [2.24, 2.45) is 0 Å². The van der Waals surface area contributed by atoms with E-state index in [1.165, 1.54) is 0 Å². The molecule has 0 saturated carbocycles. The number of hydrogen-bond donors (Lipinski definition) is 2. The smallest absolute Gasteiger partial charge is 0.410 e. The topological polar surface area (TPSA) is 104 Å². The van der Waals surface area contributed by atoms with E-state index in [9.17, 15) is 13.2 Å². The fourth-order valence-corrected chi connectivity index (χ4v) is 3.65. The maximum absolute atomic E-state index is 12.1. The Bertz CT molecular complexity index is 691. The van der Waals surface area contributed by atoms with E-state index in [0.717, 1.165) is 17.7 Å². The summed E-state index contributed by atoms with van der Waals surface area (Å²) >= 11 is 0. The van der Waals surface area contributed by atoms with Crippen molar-refractivity contribution in [3.63, 3.8) is 0 Å². The van der Waals surface area contributed by atoms with Crippen LogP contribution in [-0.2, 0) is 27.7 Å². The minimum Gasteiger partial charge on any atom is -0.444 e. The van der Waals surface area contributed by atoms with Crippen LogP contribution in [0, 0.1) is 0 Å². The number of aromatic nitrogens is 2. The number of unbranched alkanes of at least 4 members (excludes halogenated alkanes) is 1. The zero-order chi connectivity index (χ0) is 18.0. The second-order valence-electron chi connectivity index (χ2n) is 6.96. The van der Waals surface area contributed by atoms with E-state index >= 15 is 0 Å². The van der Waals surface area contributed by atoms with E-state index in [1.807, 2.05) is 27.7 Å².